The molecule has 0 saturated carbocycles. The highest BCUT2D eigenvalue weighted by molar-refractivity contribution is 7.05. The minimum absolute atomic E-state index is 0.120. The number of hydrogen-bond acceptors (Lipinski definition) is 1. The van der Waals surface area contributed by atoms with Gasteiger partial charge < -0.3 is 23.2 Å². The molecule has 5 nitrogen and oxygen atoms in total. The quantitative estimate of drug-likeness (QED) is 0.161. The zero-order valence-corrected chi connectivity index (χ0v) is 46.4. The van der Waals surface area contributed by atoms with Gasteiger partial charge in [-0.1, -0.05) is 218 Å². The lowest BCUT2D eigenvalue weighted by Gasteiger charge is -2.54. The van der Waals surface area contributed by atoms with Gasteiger partial charge in [0.2, 0.25) is 0 Å². The molecule has 13 aromatic carbocycles. The van der Waals surface area contributed by atoms with Crippen molar-refractivity contribution in [3.8, 4) is 22.7 Å². The summed E-state index contributed by atoms with van der Waals surface area (Å²) < 4.78 is 10.5. The van der Waals surface area contributed by atoms with Crippen molar-refractivity contribution >= 4 is 150 Å². The molecule has 0 atom stereocenters. The van der Waals surface area contributed by atoms with Gasteiger partial charge in [0.1, 0.15) is 0 Å². The Bertz CT molecular complexity index is 5610. The van der Waals surface area contributed by atoms with Crippen LogP contribution in [0.25, 0.3) is 110 Å². The van der Waals surface area contributed by atoms with Crippen molar-refractivity contribution in [2.45, 2.75) is 5.41 Å². The topological polar surface area (TPSA) is 23.0 Å². The third-order valence-corrected chi connectivity index (χ3v) is 20.9. The van der Waals surface area contributed by atoms with Gasteiger partial charge >= 0.3 is 0 Å². The minimum atomic E-state index is -0.678. The molecule has 0 amide bonds. The molecule has 22 rings (SSSR count). The van der Waals surface area contributed by atoms with Crippen LogP contribution in [0.4, 0.5) is 17.1 Å². The summed E-state index contributed by atoms with van der Waals surface area (Å²) in [6.07, 6.45) is 0. The van der Waals surface area contributed by atoms with E-state index in [9.17, 15) is 0 Å². The summed E-state index contributed by atoms with van der Waals surface area (Å²) in [6.45, 7) is -0.241. The van der Waals surface area contributed by atoms with Crippen LogP contribution in [0, 0.1) is 0 Å². The van der Waals surface area contributed by atoms with E-state index in [4.69, 9.17) is 0 Å². The highest BCUT2D eigenvalue weighted by atomic mass is 15.2. The molecule has 0 aliphatic carbocycles. The number of para-hydroxylation sites is 8. The van der Waals surface area contributed by atoms with Gasteiger partial charge in [0.15, 0.2) is 0 Å². The Morgan fingerprint density at radius 3 is 1.07 bits per heavy atom. The van der Waals surface area contributed by atoms with E-state index in [1.807, 2.05) is 0 Å². The van der Waals surface area contributed by atoms with Crippen LogP contribution in [0.15, 0.2) is 273 Å². The highest BCUT2D eigenvalue weighted by Crippen LogP contribution is 2.60. The minimum Gasteiger partial charge on any atom is -0.312 e. The third-order valence-electron chi connectivity index (χ3n) is 20.9. The lowest BCUT2D eigenvalue weighted by Crippen LogP contribution is -2.69. The SMILES string of the molecule is c1ccc(-n2c3ccccc3c3cc4c5c(c6ccccc6n5-c5cc6c7c8c5B4c4cccc5c4N8c4c(cccc4C5(c4ccccc4)c4ccccc4)B7c4cc5c7ccccc7n(-c7ccccc7)c5c5c7ccccc7n-6c45)c32)cc1. The van der Waals surface area contributed by atoms with E-state index in [1.54, 1.807) is 0 Å². The summed E-state index contributed by atoms with van der Waals surface area (Å²) in [6, 6.07) is 104. The number of nitrogens with zero attached hydrogens (tertiary/aromatic N) is 5. The van der Waals surface area contributed by atoms with Gasteiger partial charge in [-0.05, 0) is 110 Å². The predicted molar refractivity (Wildman–Crippen MR) is 360 cm³/mol. The van der Waals surface area contributed by atoms with E-state index in [2.05, 4.69) is 296 Å². The molecular weight excluding hydrogens is 1040 g/mol. The first-order valence-electron chi connectivity index (χ1n) is 30.3. The molecule has 392 valence electrons. The second kappa shape index (κ2) is 15.4. The molecule has 0 radical (unpaired) electrons. The Balaban J connectivity index is 0.996. The number of rotatable bonds is 4. The summed E-state index contributed by atoms with van der Waals surface area (Å²) in [5.41, 5.74) is 31.3. The number of fused-ring (bicyclic) bond motifs is 20. The molecule has 5 aliphatic heterocycles. The van der Waals surface area contributed by atoms with E-state index >= 15 is 0 Å². The Morgan fingerprint density at radius 1 is 0.267 bits per heavy atom. The summed E-state index contributed by atoms with van der Waals surface area (Å²) in [5.74, 6) is 0. The zero-order chi connectivity index (χ0) is 55.4. The molecule has 4 aromatic heterocycles. The van der Waals surface area contributed by atoms with Crippen LogP contribution in [0.5, 0.6) is 0 Å². The lowest BCUT2D eigenvalue weighted by molar-refractivity contribution is 0.733. The second-order valence-corrected chi connectivity index (χ2v) is 24.5. The van der Waals surface area contributed by atoms with Crippen molar-refractivity contribution in [2.24, 2.45) is 0 Å². The highest BCUT2D eigenvalue weighted by Gasteiger charge is 2.57. The van der Waals surface area contributed by atoms with Crippen LogP contribution in [0.2, 0.25) is 0 Å². The van der Waals surface area contributed by atoms with Crippen LogP contribution >= 0.6 is 0 Å². The van der Waals surface area contributed by atoms with E-state index in [0.717, 1.165) is 11.4 Å². The average molecular weight is 1090 g/mol. The summed E-state index contributed by atoms with van der Waals surface area (Å²) in [4.78, 5) is 2.81. The van der Waals surface area contributed by atoms with Crippen LogP contribution in [0.3, 0.4) is 0 Å². The maximum atomic E-state index is 2.81. The molecule has 5 aliphatic rings. The standard InChI is InChI=1S/C79H45B2N5/c1-5-23-46(24-6-1)79(47-25-7-2-8-26-47)56-35-21-37-58-74(56)86-75-57(79)36-22-38-59(75)81-61-44-55-51-32-14-18-40-63(51)83(49-29-11-4-12-30-49)73(55)69-53-34-16-20-42-65(53)85(77(61)69)67-45-66-70(78(86)71(67)81)80(58)60-43-54-50-31-13-17-39-62(50)82(48-27-9-3-10-28-48)72(54)68-52-33-15-19-41-64(52)84(66)76(60)68/h1-45H. The Hall–Kier alpha value is -11.0. The van der Waals surface area contributed by atoms with E-state index < -0.39 is 5.41 Å². The Labute approximate surface area is 494 Å². The van der Waals surface area contributed by atoms with Gasteiger partial charge in [-0.3, -0.25) is 0 Å². The number of aromatic nitrogens is 4. The smallest absolute Gasteiger partial charge is 0.252 e. The van der Waals surface area contributed by atoms with Gasteiger partial charge in [-0.2, -0.15) is 0 Å². The maximum Gasteiger partial charge on any atom is 0.252 e. The summed E-state index contributed by atoms with van der Waals surface area (Å²) >= 11 is 0. The molecule has 0 N–H and O–H groups in total. The van der Waals surface area contributed by atoms with Gasteiger partial charge in [0, 0.05) is 82.9 Å². The Kier molecular flexibility index (Phi) is 7.98. The van der Waals surface area contributed by atoms with Crippen LogP contribution in [0.1, 0.15) is 22.3 Å². The fourth-order valence-electron chi connectivity index (χ4n) is 18.0. The van der Waals surface area contributed by atoms with Crippen molar-refractivity contribution in [3.63, 3.8) is 0 Å². The van der Waals surface area contributed by atoms with Gasteiger partial charge in [0.25, 0.3) is 13.4 Å². The normalized spacial score (nSPS) is 14.3. The lowest BCUT2D eigenvalue weighted by atomic mass is 9.28. The number of benzene rings is 13. The largest absolute Gasteiger partial charge is 0.312 e. The molecule has 86 heavy (non-hydrogen) atoms. The molecule has 7 heteroatoms. The van der Waals surface area contributed by atoms with Crippen LogP contribution < -0.4 is 37.7 Å². The molecule has 0 saturated heterocycles. The van der Waals surface area contributed by atoms with Crippen LogP contribution in [-0.4, -0.2) is 31.7 Å². The molecule has 9 heterocycles. The zero-order valence-electron chi connectivity index (χ0n) is 46.4. The summed E-state index contributed by atoms with van der Waals surface area (Å²) in [7, 11) is 0. The molecule has 0 unspecified atom stereocenters. The van der Waals surface area contributed by atoms with E-state index in [0.29, 0.717) is 0 Å². The Morgan fingerprint density at radius 2 is 0.640 bits per heavy atom. The maximum absolute atomic E-state index is 2.81. The van der Waals surface area contributed by atoms with Crippen molar-refractivity contribution in [2.75, 3.05) is 4.90 Å². The monoisotopic (exact) mass is 1090 g/mol. The van der Waals surface area contributed by atoms with Crippen molar-refractivity contribution in [1.82, 2.24) is 18.3 Å². The number of hydrogen-bond donors (Lipinski definition) is 0. The third kappa shape index (κ3) is 4.93. The van der Waals surface area contributed by atoms with E-state index in [1.165, 1.54) is 171 Å². The molecule has 17 aromatic rings. The van der Waals surface area contributed by atoms with Crippen LogP contribution in [-0.2, 0) is 5.41 Å². The van der Waals surface area contributed by atoms with Crippen molar-refractivity contribution in [3.05, 3.63) is 295 Å². The molecule has 0 fully saturated rings. The first kappa shape index (κ1) is 44.6. The van der Waals surface area contributed by atoms with E-state index in [-0.39, 0.29) is 13.4 Å². The fraction of sp³-hybridized carbons (Fsp3) is 0.0127. The fourth-order valence-corrected chi connectivity index (χ4v) is 18.0. The van der Waals surface area contributed by atoms with Gasteiger partial charge in [-0.15, -0.1) is 0 Å². The summed E-state index contributed by atoms with van der Waals surface area (Å²) in [5, 5.41) is 10.2. The second-order valence-electron chi connectivity index (χ2n) is 24.5. The van der Waals surface area contributed by atoms with Gasteiger partial charge in [-0.25, -0.2) is 0 Å². The predicted octanol–water partition coefficient (Wildman–Crippen LogP) is 14.5. The van der Waals surface area contributed by atoms with Crippen molar-refractivity contribution < 1.29 is 0 Å². The average Bonchev–Trinajstić information content (AvgIpc) is 1.05. The first-order valence-corrected chi connectivity index (χ1v) is 30.3. The first-order chi connectivity index (χ1) is 42.8. The molecule has 0 spiro atoms. The number of anilines is 3. The van der Waals surface area contributed by atoms with Crippen molar-refractivity contribution in [1.29, 1.82) is 0 Å². The molecule has 0 bridgehead atoms. The van der Waals surface area contributed by atoms with Gasteiger partial charge in [0.05, 0.1) is 49.5 Å². The molecular formula is C79H45B2N5.